The SMILES string of the molecule is C[C@H]1CNCCN1CC1CCCN(S(C)(=O)=O)C1.Cl. The van der Waals surface area contributed by atoms with Crippen molar-refractivity contribution in [3.63, 3.8) is 0 Å². The summed E-state index contributed by atoms with van der Waals surface area (Å²) in [5, 5.41) is 3.39. The van der Waals surface area contributed by atoms with Gasteiger partial charge in [0.1, 0.15) is 0 Å². The zero-order valence-corrected chi connectivity index (χ0v) is 13.5. The van der Waals surface area contributed by atoms with Crippen LogP contribution in [-0.2, 0) is 10.0 Å². The molecular formula is C12H26ClN3O2S. The third-order valence-electron chi connectivity index (χ3n) is 4.08. The standard InChI is InChI=1S/C12H25N3O2S.ClH/c1-11-8-13-5-7-14(11)9-12-4-3-6-15(10-12)18(2,16)17;/h11-13H,3-10H2,1-2H3;1H/t11-,12?;/m0./s1. The molecule has 2 saturated heterocycles. The first-order chi connectivity index (χ1) is 8.47. The van der Waals surface area contributed by atoms with Crippen molar-refractivity contribution in [1.82, 2.24) is 14.5 Å². The van der Waals surface area contributed by atoms with Crippen LogP contribution in [0.25, 0.3) is 0 Å². The van der Waals surface area contributed by atoms with Gasteiger partial charge in [-0.3, -0.25) is 4.90 Å². The molecule has 2 aliphatic heterocycles. The number of hydrogen-bond acceptors (Lipinski definition) is 4. The molecule has 0 aromatic carbocycles. The Morgan fingerprint density at radius 3 is 2.68 bits per heavy atom. The minimum atomic E-state index is -3.01. The van der Waals surface area contributed by atoms with Crippen LogP contribution < -0.4 is 5.32 Å². The van der Waals surface area contributed by atoms with Crippen molar-refractivity contribution in [3.8, 4) is 0 Å². The Morgan fingerprint density at radius 2 is 2.05 bits per heavy atom. The number of sulfonamides is 1. The Bertz CT molecular complexity index is 377. The van der Waals surface area contributed by atoms with E-state index in [9.17, 15) is 8.42 Å². The van der Waals surface area contributed by atoms with Gasteiger partial charge in [-0.1, -0.05) is 0 Å². The molecule has 0 aromatic rings. The van der Waals surface area contributed by atoms with Crippen molar-refractivity contribution in [2.24, 2.45) is 5.92 Å². The third kappa shape index (κ3) is 4.86. The van der Waals surface area contributed by atoms with Gasteiger partial charge in [-0.25, -0.2) is 12.7 Å². The molecule has 7 heteroatoms. The van der Waals surface area contributed by atoms with Crippen LogP contribution in [0.2, 0.25) is 0 Å². The Labute approximate surface area is 123 Å². The van der Waals surface area contributed by atoms with Crippen LogP contribution in [0, 0.1) is 5.92 Å². The molecule has 1 N–H and O–H groups in total. The van der Waals surface area contributed by atoms with Crippen LogP contribution in [0.3, 0.4) is 0 Å². The molecule has 0 aromatic heterocycles. The van der Waals surface area contributed by atoms with E-state index in [4.69, 9.17) is 0 Å². The molecule has 2 atom stereocenters. The maximum atomic E-state index is 11.6. The minimum Gasteiger partial charge on any atom is -0.314 e. The summed E-state index contributed by atoms with van der Waals surface area (Å²) in [6, 6.07) is 0.562. The maximum Gasteiger partial charge on any atom is 0.211 e. The van der Waals surface area contributed by atoms with Crippen LogP contribution >= 0.6 is 12.4 Å². The van der Waals surface area contributed by atoms with Gasteiger partial charge in [-0.2, -0.15) is 0 Å². The lowest BCUT2D eigenvalue weighted by Crippen LogP contribution is -2.52. The molecular weight excluding hydrogens is 286 g/mol. The van der Waals surface area contributed by atoms with Gasteiger partial charge in [0.05, 0.1) is 6.26 Å². The van der Waals surface area contributed by atoms with Gasteiger partial charge in [0, 0.05) is 45.3 Å². The molecule has 2 heterocycles. The molecule has 1 unspecified atom stereocenters. The normalized spacial score (nSPS) is 30.8. The highest BCUT2D eigenvalue weighted by Gasteiger charge is 2.28. The monoisotopic (exact) mass is 311 g/mol. The van der Waals surface area contributed by atoms with Gasteiger partial charge in [-0.15, -0.1) is 12.4 Å². The average molecular weight is 312 g/mol. The van der Waals surface area contributed by atoms with Gasteiger partial charge in [-0.05, 0) is 25.7 Å². The first kappa shape index (κ1) is 17.2. The average Bonchev–Trinajstić information content (AvgIpc) is 2.31. The molecule has 114 valence electrons. The molecule has 0 radical (unpaired) electrons. The highest BCUT2D eigenvalue weighted by molar-refractivity contribution is 7.88. The van der Waals surface area contributed by atoms with Gasteiger partial charge in [0.25, 0.3) is 0 Å². The van der Waals surface area contributed by atoms with E-state index in [0.29, 0.717) is 25.0 Å². The van der Waals surface area contributed by atoms with Gasteiger partial charge in [0.2, 0.25) is 10.0 Å². The molecule has 0 bridgehead atoms. The topological polar surface area (TPSA) is 52.6 Å². The van der Waals surface area contributed by atoms with E-state index >= 15 is 0 Å². The van der Waals surface area contributed by atoms with Gasteiger partial charge < -0.3 is 5.32 Å². The van der Waals surface area contributed by atoms with E-state index in [-0.39, 0.29) is 12.4 Å². The van der Waals surface area contributed by atoms with E-state index in [1.165, 1.54) is 6.26 Å². The largest absolute Gasteiger partial charge is 0.314 e. The summed E-state index contributed by atoms with van der Waals surface area (Å²) in [5.41, 5.74) is 0. The number of halogens is 1. The summed E-state index contributed by atoms with van der Waals surface area (Å²) >= 11 is 0. The molecule has 19 heavy (non-hydrogen) atoms. The number of piperidine rings is 1. The molecule has 0 spiro atoms. The highest BCUT2D eigenvalue weighted by Crippen LogP contribution is 2.20. The van der Waals surface area contributed by atoms with E-state index in [2.05, 4.69) is 17.1 Å². The molecule has 0 aliphatic carbocycles. The Morgan fingerprint density at radius 1 is 1.32 bits per heavy atom. The molecule has 2 rings (SSSR count). The maximum absolute atomic E-state index is 11.6. The van der Waals surface area contributed by atoms with E-state index in [0.717, 1.165) is 39.0 Å². The fourth-order valence-electron chi connectivity index (χ4n) is 2.96. The predicted octanol–water partition coefficient (Wildman–Crippen LogP) is 0.374. The first-order valence-electron chi connectivity index (χ1n) is 6.86. The second kappa shape index (κ2) is 7.22. The molecule has 0 saturated carbocycles. The van der Waals surface area contributed by atoms with Crippen molar-refractivity contribution in [2.75, 3.05) is 45.5 Å². The first-order valence-corrected chi connectivity index (χ1v) is 8.71. The lowest BCUT2D eigenvalue weighted by molar-refractivity contribution is 0.124. The number of piperazine rings is 1. The van der Waals surface area contributed by atoms with Crippen LogP contribution in [-0.4, -0.2) is 69.2 Å². The smallest absolute Gasteiger partial charge is 0.211 e. The zero-order valence-electron chi connectivity index (χ0n) is 11.8. The number of rotatable bonds is 3. The quantitative estimate of drug-likeness (QED) is 0.818. The molecule has 2 fully saturated rings. The summed E-state index contributed by atoms with van der Waals surface area (Å²) in [6.45, 7) is 7.85. The highest BCUT2D eigenvalue weighted by atomic mass is 35.5. The Balaban J connectivity index is 0.00000180. The van der Waals surface area contributed by atoms with Crippen LogP contribution in [0.1, 0.15) is 19.8 Å². The number of nitrogens with zero attached hydrogens (tertiary/aromatic N) is 2. The van der Waals surface area contributed by atoms with Gasteiger partial charge >= 0.3 is 0 Å². The van der Waals surface area contributed by atoms with E-state index in [1.54, 1.807) is 4.31 Å². The Kier molecular flexibility index (Phi) is 6.53. The van der Waals surface area contributed by atoms with E-state index in [1.807, 2.05) is 0 Å². The molecule has 2 aliphatic rings. The Hall–Kier alpha value is 0.120. The summed E-state index contributed by atoms with van der Waals surface area (Å²) in [6.07, 6.45) is 3.48. The van der Waals surface area contributed by atoms with Crippen LogP contribution in [0.5, 0.6) is 0 Å². The van der Waals surface area contributed by atoms with Gasteiger partial charge in [0.15, 0.2) is 0 Å². The van der Waals surface area contributed by atoms with Crippen molar-refractivity contribution >= 4 is 22.4 Å². The van der Waals surface area contributed by atoms with Crippen LogP contribution in [0.15, 0.2) is 0 Å². The third-order valence-corrected chi connectivity index (χ3v) is 5.35. The summed E-state index contributed by atoms with van der Waals surface area (Å²) < 4.78 is 24.8. The van der Waals surface area contributed by atoms with Crippen LogP contribution in [0.4, 0.5) is 0 Å². The van der Waals surface area contributed by atoms with Crippen molar-refractivity contribution in [3.05, 3.63) is 0 Å². The fourth-order valence-corrected chi connectivity index (χ4v) is 3.91. The molecule has 0 amide bonds. The van der Waals surface area contributed by atoms with Crippen molar-refractivity contribution < 1.29 is 8.42 Å². The summed E-state index contributed by atoms with van der Waals surface area (Å²) in [7, 11) is -3.01. The summed E-state index contributed by atoms with van der Waals surface area (Å²) in [4.78, 5) is 2.49. The molecule has 5 nitrogen and oxygen atoms in total. The number of hydrogen-bond donors (Lipinski definition) is 1. The fraction of sp³-hybridized carbons (Fsp3) is 1.00. The lowest BCUT2D eigenvalue weighted by Gasteiger charge is -2.39. The lowest BCUT2D eigenvalue weighted by atomic mass is 9.98. The second-order valence-corrected chi connectivity index (χ2v) is 7.66. The number of nitrogens with one attached hydrogen (secondary N) is 1. The van der Waals surface area contributed by atoms with Crippen molar-refractivity contribution in [2.45, 2.75) is 25.8 Å². The van der Waals surface area contributed by atoms with Crippen molar-refractivity contribution in [1.29, 1.82) is 0 Å². The van der Waals surface area contributed by atoms with E-state index < -0.39 is 10.0 Å². The predicted molar refractivity (Wildman–Crippen MR) is 80.3 cm³/mol. The zero-order chi connectivity index (χ0) is 13.2. The minimum absolute atomic E-state index is 0. The second-order valence-electron chi connectivity index (χ2n) is 5.68. The summed E-state index contributed by atoms with van der Waals surface area (Å²) in [5.74, 6) is 0.494.